The molecule has 112 valence electrons. The van der Waals surface area contributed by atoms with Crippen molar-refractivity contribution in [3.63, 3.8) is 0 Å². The van der Waals surface area contributed by atoms with Gasteiger partial charge >= 0.3 is 0 Å². The Morgan fingerprint density at radius 3 is 2.60 bits per heavy atom. The minimum atomic E-state index is -0.286. The van der Waals surface area contributed by atoms with Crippen molar-refractivity contribution < 1.29 is 0 Å². The highest BCUT2D eigenvalue weighted by Crippen LogP contribution is 2.42. The smallest absolute Gasteiger partial charge is 0.122 e. The first-order chi connectivity index (χ1) is 9.63. The van der Waals surface area contributed by atoms with Crippen LogP contribution in [0.1, 0.15) is 38.5 Å². The quantitative estimate of drug-likeness (QED) is 0.797. The second-order valence-corrected chi connectivity index (χ2v) is 7.25. The molecular formula is C16H28N4. The normalized spacial score (nSPS) is 31.0. The van der Waals surface area contributed by atoms with Crippen LogP contribution in [0.15, 0.2) is 0 Å². The Morgan fingerprint density at radius 2 is 2.05 bits per heavy atom. The monoisotopic (exact) mass is 276 g/mol. The van der Waals surface area contributed by atoms with Gasteiger partial charge in [0.2, 0.25) is 0 Å². The fourth-order valence-electron chi connectivity index (χ4n) is 3.64. The number of nitrogens with zero attached hydrogens (tertiary/aromatic N) is 3. The fourth-order valence-corrected chi connectivity index (χ4v) is 3.64. The van der Waals surface area contributed by atoms with Crippen LogP contribution in [0.2, 0.25) is 0 Å². The number of nitrogens with one attached hydrogen (secondary N) is 1. The summed E-state index contributed by atoms with van der Waals surface area (Å²) < 4.78 is 0. The van der Waals surface area contributed by atoms with Crippen molar-refractivity contribution in [2.45, 2.75) is 56.1 Å². The lowest BCUT2D eigenvalue weighted by atomic mass is 9.92. The third-order valence-corrected chi connectivity index (χ3v) is 5.23. The Morgan fingerprint density at radius 1 is 1.30 bits per heavy atom. The fraction of sp³-hybridized carbons (Fsp3) is 0.938. The molecule has 2 unspecified atom stereocenters. The van der Waals surface area contributed by atoms with E-state index in [4.69, 9.17) is 0 Å². The number of likely N-dealkylation sites (tertiary alicyclic amines) is 1. The van der Waals surface area contributed by atoms with Crippen LogP contribution in [0.5, 0.6) is 0 Å². The second kappa shape index (κ2) is 5.63. The summed E-state index contributed by atoms with van der Waals surface area (Å²) in [5.74, 6) is 0.580. The molecular weight excluding hydrogens is 248 g/mol. The van der Waals surface area contributed by atoms with E-state index >= 15 is 0 Å². The maximum absolute atomic E-state index is 9.81. The highest BCUT2D eigenvalue weighted by Gasteiger charge is 2.49. The summed E-state index contributed by atoms with van der Waals surface area (Å²) >= 11 is 0. The Hall–Kier alpha value is -0.630. The van der Waals surface area contributed by atoms with Crippen LogP contribution >= 0.6 is 0 Å². The van der Waals surface area contributed by atoms with Crippen molar-refractivity contribution in [2.75, 3.05) is 33.7 Å². The molecule has 0 aromatic heterocycles. The third-order valence-electron chi connectivity index (χ3n) is 5.23. The van der Waals surface area contributed by atoms with Crippen molar-refractivity contribution in [3.05, 3.63) is 0 Å². The standard InChI is InChI=1S/C16H28N4/c1-19-9-3-4-15(10-19)20(2)12-16(11-17,13-5-6-13)18-14-7-8-14/h13-15,18H,3-10,12H2,1-2H3. The highest BCUT2D eigenvalue weighted by atomic mass is 15.2. The number of rotatable bonds is 6. The number of hydrogen-bond acceptors (Lipinski definition) is 4. The number of likely N-dealkylation sites (N-methyl/N-ethyl adjacent to an activating group) is 2. The summed E-state index contributed by atoms with van der Waals surface area (Å²) in [7, 11) is 4.42. The van der Waals surface area contributed by atoms with E-state index in [0.717, 1.165) is 13.1 Å². The average Bonchev–Trinajstić information content (AvgIpc) is 3.30. The first-order valence-corrected chi connectivity index (χ1v) is 8.21. The lowest BCUT2D eigenvalue weighted by Gasteiger charge is -2.40. The van der Waals surface area contributed by atoms with Gasteiger partial charge in [0.05, 0.1) is 6.07 Å². The third kappa shape index (κ3) is 3.16. The van der Waals surface area contributed by atoms with Gasteiger partial charge in [0.25, 0.3) is 0 Å². The molecule has 0 spiro atoms. The zero-order valence-electron chi connectivity index (χ0n) is 12.9. The Bertz CT molecular complexity index is 382. The van der Waals surface area contributed by atoms with E-state index in [1.807, 2.05) is 0 Å². The van der Waals surface area contributed by atoms with Crippen molar-refractivity contribution >= 4 is 0 Å². The minimum Gasteiger partial charge on any atom is -0.305 e. The topological polar surface area (TPSA) is 42.3 Å². The molecule has 4 heteroatoms. The van der Waals surface area contributed by atoms with Crippen LogP contribution < -0.4 is 5.32 Å². The van der Waals surface area contributed by atoms with Gasteiger partial charge in [-0.05, 0) is 65.1 Å². The molecule has 2 atom stereocenters. The van der Waals surface area contributed by atoms with Gasteiger partial charge in [-0.2, -0.15) is 5.26 Å². The molecule has 1 saturated heterocycles. The Kier molecular flexibility index (Phi) is 4.03. The van der Waals surface area contributed by atoms with Crippen LogP contribution in [0, 0.1) is 17.2 Å². The lowest BCUT2D eigenvalue weighted by molar-refractivity contribution is 0.109. The molecule has 3 aliphatic rings. The van der Waals surface area contributed by atoms with Gasteiger partial charge in [-0.25, -0.2) is 0 Å². The van der Waals surface area contributed by atoms with Gasteiger partial charge in [0, 0.05) is 25.2 Å². The first-order valence-electron chi connectivity index (χ1n) is 8.21. The minimum absolute atomic E-state index is 0.286. The van der Waals surface area contributed by atoms with Crippen LogP contribution in [-0.2, 0) is 0 Å². The lowest BCUT2D eigenvalue weighted by Crippen LogP contribution is -2.57. The largest absolute Gasteiger partial charge is 0.305 e. The molecule has 0 aromatic rings. The van der Waals surface area contributed by atoms with Gasteiger partial charge in [-0.1, -0.05) is 0 Å². The van der Waals surface area contributed by atoms with Crippen molar-refractivity contribution in [1.82, 2.24) is 15.1 Å². The predicted octanol–water partition coefficient (Wildman–Crippen LogP) is 1.44. The summed E-state index contributed by atoms with van der Waals surface area (Å²) in [6.45, 7) is 3.26. The van der Waals surface area contributed by atoms with Gasteiger partial charge in [-0.15, -0.1) is 0 Å². The molecule has 0 aromatic carbocycles. The van der Waals surface area contributed by atoms with Gasteiger partial charge < -0.3 is 4.90 Å². The van der Waals surface area contributed by atoms with E-state index in [0.29, 0.717) is 18.0 Å². The zero-order chi connectivity index (χ0) is 14.2. The van der Waals surface area contributed by atoms with Crippen molar-refractivity contribution in [3.8, 4) is 6.07 Å². The van der Waals surface area contributed by atoms with E-state index in [1.165, 1.54) is 45.1 Å². The molecule has 1 heterocycles. The van der Waals surface area contributed by atoms with E-state index in [9.17, 15) is 5.26 Å². The van der Waals surface area contributed by atoms with E-state index < -0.39 is 0 Å². The van der Waals surface area contributed by atoms with Crippen LogP contribution in [0.4, 0.5) is 0 Å². The van der Waals surface area contributed by atoms with E-state index in [2.05, 4.69) is 35.3 Å². The molecule has 3 fully saturated rings. The molecule has 1 aliphatic heterocycles. The van der Waals surface area contributed by atoms with E-state index in [1.54, 1.807) is 0 Å². The predicted molar refractivity (Wildman–Crippen MR) is 80.4 cm³/mol. The highest BCUT2D eigenvalue weighted by molar-refractivity contribution is 5.18. The number of nitriles is 1. The molecule has 2 saturated carbocycles. The summed E-state index contributed by atoms with van der Waals surface area (Å²) in [6.07, 6.45) is 7.52. The summed E-state index contributed by atoms with van der Waals surface area (Å²) in [5, 5.41) is 13.5. The molecule has 0 radical (unpaired) electrons. The molecule has 3 rings (SSSR count). The van der Waals surface area contributed by atoms with E-state index in [-0.39, 0.29) is 5.54 Å². The van der Waals surface area contributed by atoms with Gasteiger partial charge in [0.15, 0.2) is 0 Å². The molecule has 4 nitrogen and oxygen atoms in total. The maximum atomic E-state index is 9.81. The second-order valence-electron chi connectivity index (χ2n) is 7.25. The Labute approximate surface area is 123 Å². The number of piperidine rings is 1. The Balaban J connectivity index is 1.64. The van der Waals surface area contributed by atoms with Gasteiger partial charge in [0.1, 0.15) is 5.54 Å². The maximum Gasteiger partial charge on any atom is 0.122 e. The number of hydrogen-bond donors (Lipinski definition) is 1. The molecule has 2 aliphatic carbocycles. The van der Waals surface area contributed by atoms with Crippen LogP contribution in [0.25, 0.3) is 0 Å². The summed E-state index contributed by atoms with van der Waals surface area (Å²) in [5.41, 5.74) is -0.286. The molecule has 20 heavy (non-hydrogen) atoms. The van der Waals surface area contributed by atoms with Crippen LogP contribution in [0.3, 0.4) is 0 Å². The zero-order valence-corrected chi connectivity index (χ0v) is 12.9. The molecule has 1 N–H and O–H groups in total. The SMILES string of the molecule is CN1CCCC(N(C)CC(C#N)(NC2CC2)C2CC2)C1. The van der Waals surface area contributed by atoms with Crippen molar-refractivity contribution in [1.29, 1.82) is 5.26 Å². The summed E-state index contributed by atoms with van der Waals surface area (Å²) in [4.78, 5) is 4.87. The van der Waals surface area contributed by atoms with Crippen molar-refractivity contribution in [2.24, 2.45) is 5.92 Å². The average molecular weight is 276 g/mol. The van der Waals surface area contributed by atoms with Gasteiger partial charge in [-0.3, -0.25) is 10.2 Å². The van der Waals surface area contributed by atoms with Crippen LogP contribution in [-0.4, -0.2) is 61.2 Å². The first kappa shape index (κ1) is 14.3. The molecule has 0 amide bonds. The summed E-state index contributed by atoms with van der Waals surface area (Å²) in [6, 6.07) is 3.88. The molecule has 0 bridgehead atoms.